The van der Waals surface area contributed by atoms with Gasteiger partial charge in [-0.25, -0.2) is 4.79 Å². The number of rotatable bonds is 8. The Morgan fingerprint density at radius 2 is 1.68 bits per heavy atom. The Kier molecular flexibility index (Phi) is 8.46. The quantitative estimate of drug-likeness (QED) is 0.667. The summed E-state index contributed by atoms with van der Waals surface area (Å²) in [5.74, 6) is -0.631. The van der Waals surface area contributed by atoms with Crippen LogP contribution in [0.3, 0.4) is 0 Å². The predicted molar refractivity (Wildman–Crippen MR) is 94.1 cm³/mol. The standard InChI is InChI=1S/C18H26N3O4/c1-12(2)10-15(17(23)19-4)21-16(22)13(3)20-18(24)25-11-14-8-6-5-7-9-14/h5-9,12-13,15H,4,10-11H2,1-3H3,(H,19,23)(H,20,24)(H,21,22)/t13-,15-/m0/s1. The first-order valence-corrected chi connectivity index (χ1v) is 8.18. The van der Waals surface area contributed by atoms with Gasteiger partial charge in [0.05, 0.1) is 0 Å². The molecule has 0 heterocycles. The summed E-state index contributed by atoms with van der Waals surface area (Å²) in [6.07, 6.45) is -0.230. The summed E-state index contributed by atoms with van der Waals surface area (Å²) >= 11 is 0. The average molecular weight is 348 g/mol. The molecule has 0 saturated heterocycles. The molecule has 0 aliphatic carbocycles. The largest absolute Gasteiger partial charge is 0.445 e. The van der Waals surface area contributed by atoms with Crippen LogP contribution in [-0.4, -0.2) is 30.0 Å². The number of hydrogen-bond acceptors (Lipinski definition) is 4. The van der Waals surface area contributed by atoms with Crippen LogP contribution < -0.4 is 16.0 Å². The molecule has 0 aliphatic heterocycles. The predicted octanol–water partition coefficient (Wildman–Crippen LogP) is 1.74. The van der Waals surface area contributed by atoms with Gasteiger partial charge in [-0.05, 0) is 24.8 Å². The molecule has 137 valence electrons. The van der Waals surface area contributed by atoms with Gasteiger partial charge in [-0.3, -0.25) is 9.59 Å². The Labute approximate surface area is 148 Å². The average Bonchev–Trinajstić information content (AvgIpc) is 2.59. The molecule has 0 saturated carbocycles. The van der Waals surface area contributed by atoms with Gasteiger partial charge >= 0.3 is 6.09 Å². The summed E-state index contributed by atoms with van der Waals surface area (Å²) in [4.78, 5) is 35.8. The van der Waals surface area contributed by atoms with Gasteiger partial charge in [0.1, 0.15) is 18.7 Å². The van der Waals surface area contributed by atoms with Crippen molar-refractivity contribution in [3.05, 3.63) is 42.9 Å². The summed E-state index contributed by atoms with van der Waals surface area (Å²) in [6.45, 7) is 5.52. The molecular formula is C18H26N3O4. The fourth-order valence-electron chi connectivity index (χ4n) is 2.13. The Hall–Kier alpha value is -2.57. The highest BCUT2D eigenvalue weighted by atomic mass is 16.5. The minimum atomic E-state index is -0.837. The van der Waals surface area contributed by atoms with E-state index in [0.717, 1.165) is 5.56 Å². The first-order valence-electron chi connectivity index (χ1n) is 8.18. The second-order valence-electron chi connectivity index (χ2n) is 6.16. The van der Waals surface area contributed by atoms with E-state index in [1.165, 1.54) is 6.92 Å². The number of alkyl carbamates (subject to hydrolysis) is 1. The van der Waals surface area contributed by atoms with E-state index in [-0.39, 0.29) is 18.4 Å². The number of amides is 3. The van der Waals surface area contributed by atoms with Crippen LogP contribution in [0, 0.1) is 13.0 Å². The number of ether oxygens (including phenoxy) is 1. The lowest BCUT2D eigenvalue weighted by atomic mass is 10.0. The van der Waals surface area contributed by atoms with Crippen molar-refractivity contribution in [1.82, 2.24) is 16.0 Å². The molecule has 0 unspecified atom stereocenters. The van der Waals surface area contributed by atoms with Crippen LogP contribution in [0.1, 0.15) is 32.8 Å². The highest BCUT2D eigenvalue weighted by Crippen LogP contribution is 2.05. The van der Waals surface area contributed by atoms with Gasteiger partial charge in [-0.1, -0.05) is 44.2 Å². The lowest BCUT2D eigenvalue weighted by molar-refractivity contribution is -0.129. The molecule has 7 heteroatoms. The van der Waals surface area contributed by atoms with Crippen LogP contribution in [0.25, 0.3) is 0 Å². The third-order valence-corrected chi connectivity index (χ3v) is 3.45. The third kappa shape index (κ3) is 7.69. The first-order chi connectivity index (χ1) is 11.8. The highest BCUT2D eigenvalue weighted by Gasteiger charge is 2.24. The molecule has 0 spiro atoms. The number of carbonyl (C=O) groups is 3. The highest BCUT2D eigenvalue weighted by molar-refractivity contribution is 5.91. The summed E-state index contributed by atoms with van der Waals surface area (Å²) in [7, 11) is 3.33. The monoisotopic (exact) mass is 348 g/mol. The molecule has 3 amide bonds. The molecule has 7 nitrogen and oxygen atoms in total. The van der Waals surface area contributed by atoms with E-state index in [1.54, 1.807) is 0 Å². The maximum atomic E-state index is 12.2. The topological polar surface area (TPSA) is 96.5 Å². The van der Waals surface area contributed by atoms with Crippen LogP contribution in [0.15, 0.2) is 30.3 Å². The van der Waals surface area contributed by atoms with Crippen molar-refractivity contribution >= 4 is 17.9 Å². The smallest absolute Gasteiger partial charge is 0.408 e. The van der Waals surface area contributed by atoms with E-state index in [0.29, 0.717) is 6.42 Å². The van der Waals surface area contributed by atoms with Gasteiger partial charge < -0.3 is 20.7 Å². The summed E-state index contributed by atoms with van der Waals surface area (Å²) in [5.41, 5.74) is 0.846. The van der Waals surface area contributed by atoms with Crippen LogP contribution >= 0.6 is 0 Å². The second-order valence-corrected chi connectivity index (χ2v) is 6.16. The molecule has 0 bridgehead atoms. The maximum Gasteiger partial charge on any atom is 0.408 e. The Morgan fingerprint density at radius 1 is 1.04 bits per heavy atom. The molecule has 2 atom stereocenters. The normalized spacial score (nSPS) is 12.8. The molecule has 1 aromatic carbocycles. The Balaban J connectivity index is 2.48. The maximum absolute atomic E-state index is 12.2. The van der Waals surface area contributed by atoms with Crippen molar-refractivity contribution in [2.45, 2.75) is 45.9 Å². The zero-order valence-electron chi connectivity index (χ0n) is 14.9. The summed E-state index contributed by atoms with van der Waals surface area (Å²) < 4.78 is 5.07. The van der Waals surface area contributed by atoms with Gasteiger partial charge in [0, 0.05) is 7.05 Å². The van der Waals surface area contributed by atoms with Gasteiger partial charge in [0.2, 0.25) is 11.8 Å². The zero-order chi connectivity index (χ0) is 18.8. The van der Waals surface area contributed by atoms with Crippen LogP contribution in [0.5, 0.6) is 0 Å². The number of benzene rings is 1. The minimum Gasteiger partial charge on any atom is -0.445 e. The van der Waals surface area contributed by atoms with Crippen molar-refractivity contribution in [1.29, 1.82) is 0 Å². The van der Waals surface area contributed by atoms with E-state index in [4.69, 9.17) is 4.74 Å². The molecule has 0 fully saturated rings. The van der Waals surface area contributed by atoms with Gasteiger partial charge in [-0.15, -0.1) is 0 Å². The third-order valence-electron chi connectivity index (χ3n) is 3.45. The van der Waals surface area contributed by atoms with Crippen molar-refractivity contribution in [2.24, 2.45) is 5.92 Å². The zero-order valence-corrected chi connectivity index (χ0v) is 14.9. The molecular weight excluding hydrogens is 322 g/mol. The lowest BCUT2D eigenvalue weighted by Gasteiger charge is -2.21. The van der Waals surface area contributed by atoms with E-state index in [9.17, 15) is 14.4 Å². The molecule has 25 heavy (non-hydrogen) atoms. The summed E-state index contributed by atoms with van der Waals surface area (Å²) in [5, 5.41) is 7.34. The fraction of sp³-hybridized carbons (Fsp3) is 0.444. The van der Waals surface area contributed by atoms with Crippen LogP contribution in [0.4, 0.5) is 4.79 Å². The Bertz CT molecular complexity index is 575. The number of nitrogens with one attached hydrogen (secondary N) is 3. The summed E-state index contributed by atoms with van der Waals surface area (Å²) in [6, 6.07) is 7.68. The second kappa shape index (κ2) is 10.3. The van der Waals surface area contributed by atoms with Crippen molar-refractivity contribution < 1.29 is 19.1 Å². The number of hydrogen-bond donors (Lipinski definition) is 3. The number of carbonyl (C=O) groups excluding carboxylic acids is 3. The Morgan fingerprint density at radius 3 is 2.24 bits per heavy atom. The van der Waals surface area contributed by atoms with Crippen molar-refractivity contribution in [2.75, 3.05) is 0 Å². The molecule has 1 rings (SSSR count). The van der Waals surface area contributed by atoms with Crippen LogP contribution in [0.2, 0.25) is 0 Å². The SMILES string of the molecule is [CH2]NC(=O)[C@H](CC(C)C)NC(=O)[C@H](C)NC(=O)OCc1ccccc1. The van der Waals surface area contributed by atoms with E-state index >= 15 is 0 Å². The van der Waals surface area contributed by atoms with Gasteiger partial charge in [0.25, 0.3) is 0 Å². The minimum absolute atomic E-state index is 0.112. The fourth-order valence-corrected chi connectivity index (χ4v) is 2.13. The van der Waals surface area contributed by atoms with Crippen molar-refractivity contribution in [3.63, 3.8) is 0 Å². The van der Waals surface area contributed by atoms with Crippen molar-refractivity contribution in [3.8, 4) is 0 Å². The van der Waals surface area contributed by atoms with Crippen LogP contribution in [-0.2, 0) is 20.9 Å². The first kappa shape index (κ1) is 20.5. The molecule has 0 aliphatic rings. The lowest BCUT2D eigenvalue weighted by Crippen LogP contribution is -2.52. The molecule has 1 radical (unpaired) electrons. The van der Waals surface area contributed by atoms with Gasteiger partial charge in [-0.2, -0.15) is 0 Å². The molecule has 3 N–H and O–H groups in total. The molecule has 0 aromatic heterocycles. The van der Waals surface area contributed by atoms with Gasteiger partial charge in [0.15, 0.2) is 0 Å². The van der Waals surface area contributed by atoms with E-state index in [1.807, 2.05) is 44.2 Å². The van der Waals surface area contributed by atoms with E-state index in [2.05, 4.69) is 23.0 Å². The van der Waals surface area contributed by atoms with E-state index < -0.39 is 24.1 Å². The molecule has 1 aromatic rings.